The average molecular weight is 326 g/mol. The van der Waals surface area contributed by atoms with E-state index in [-0.39, 0.29) is 36.8 Å². The number of nitrogens with one attached hydrogen (secondary N) is 1. The average Bonchev–Trinajstić information content (AvgIpc) is 2.89. The van der Waals surface area contributed by atoms with Crippen LogP contribution < -0.4 is 5.32 Å². The van der Waals surface area contributed by atoms with Crippen LogP contribution in [0.25, 0.3) is 0 Å². The van der Waals surface area contributed by atoms with Crippen LogP contribution in [0.15, 0.2) is 24.3 Å². The Morgan fingerprint density at radius 3 is 2.82 bits per heavy atom. The van der Waals surface area contributed by atoms with Gasteiger partial charge in [-0.2, -0.15) is 12.6 Å². The summed E-state index contributed by atoms with van der Waals surface area (Å²) in [5, 5.41) is 12.4. The summed E-state index contributed by atoms with van der Waals surface area (Å²) in [5.41, 5.74) is 0.281. The van der Waals surface area contributed by atoms with Crippen molar-refractivity contribution in [2.75, 3.05) is 18.8 Å². The maximum absolute atomic E-state index is 13.6. The summed E-state index contributed by atoms with van der Waals surface area (Å²) < 4.78 is 13.6. The first-order chi connectivity index (χ1) is 10.5. The van der Waals surface area contributed by atoms with Gasteiger partial charge in [0.05, 0.1) is 12.5 Å². The molecule has 1 fully saturated rings. The predicted molar refractivity (Wildman–Crippen MR) is 83.1 cm³/mol. The molecule has 1 aliphatic rings. The van der Waals surface area contributed by atoms with Crippen molar-refractivity contribution in [3.8, 4) is 0 Å². The van der Waals surface area contributed by atoms with Gasteiger partial charge in [-0.05, 0) is 11.6 Å². The van der Waals surface area contributed by atoms with Gasteiger partial charge in [-0.15, -0.1) is 0 Å². The molecule has 2 unspecified atom stereocenters. The Balaban J connectivity index is 2.06. The fourth-order valence-corrected chi connectivity index (χ4v) is 2.65. The number of amides is 2. The van der Waals surface area contributed by atoms with Gasteiger partial charge in [-0.3, -0.25) is 9.59 Å². The number of halogens is 1. The first-order valence-corrected chi connectivity index (χ1v) is 7.75. The molecule has 2 rings (SSSR count). The fraction of sp³-hybridized carbons (Fsp3) is 0.467. The first-order valence-electron chi connectivity index (χ1n) is 7.12. The lowest BCUT2D eigenvalue weighted by Gasteiger charge is -2.23. The van der Waals surface area contributed by atoms with E-state index in [1.807, 2.05) is 0 Å². The molecule has 0 aromatic heterocycles. The minimum Gasteiger partial charge on any atom is -0.391 e. The van der Waals surface area contributed by atoms with Crippen LogP contribution in [0.4, 0.5) is 4.39 Å². The highest BCUT2D eigenvalue weighted by Crippen LogP contribution is 2.20. The molecule has 0 saturated carbocycles. The molecule has 2 amide bonds. The third-order valence-corrected chi connectivity index (χ3v) is 3.84. The molecule has 0 spiro atoms. The zero-order chi connectivity index (χ0) is 16.1. The van der Waals surface area contributed by atoms with Gasteiger partial charge in [0.2, 0.25) is 11.8 Å². The van der Waals surface area contributed by atoms with Crippen molar-refractivity contribution in [2.24, 2.45) is 0 Å². The lowest BCUT2D eigenvalue weighted by molar-refractivity contribution is -0.138. The summed E-state index contributed by atoms with van der Waals surface area (Å²) in [6, 6.07) is 5.32. The van der Waals surface area contributed by atoms with E-state index in [1.54, 1.807) is 12.1 Å². The molecular weight excluding hydrogens is 307 g/mol. The lowest BCUT2D eigenvalue weighted by Crippen LogP contribution is -2.46. The van der Waals surface area contributed by atoms with Crippen LogP contribution >= 0.6 is 12.6 Å². The second kappa shape index (κ2) is 7.60. The number of carbonyl (C=O) groups excluding carboxylic acids is 2. The summed E-state index contributed by atoms with van der Waals surface area (Å²) >= 11 is 4.01. The van der Waals surface area contributed by atoms with E-state index in [4.69, 9.17) is 0 Å². The number of likely N-dealkylation sites (tertiary alicyclic amines) is 1. The van der Waals surface area contributed by atoms with Crippen LogP contribution in [0.1, 0.15) is 12.0 Å². The second-order valence-electron chi connectivity index (χ2n) is 5.23. The Bertz CT molecular complexity index is 555. The van der Waals surface area contributed by atoms with Gasteiger partial charge in [0.15, 0.2) is 0 Å². The maximum atomic E-state index is 13.6. The molecular formula is C15H19FN2O3S. The van der Waals surface area contributed by atoms with E-state index >= 15 is 0 Å². The van der Waals surface area contributed by atoms with Crippen LogP contribution in [0.3, 0.4) is 0 Å². The smallest absolute Gasteiger partial charge is 0.242 e. The van der Waals surface area contributed by atoms with E-state index in [0.29, 0.717) is 12.3 Å². The van der Waals surface area contributed by atoms with Crippen LogP contribution in [0.5, 0.6) is 0 Å². The third kappa shape index (κ3) is 3.98. The van der Waals surface area contributed by atoms with Gasteiger partial charge in [-0.1, -0.05) is 18.2 Å². The molecule has 1 saturated heterocycles. The molecule has 5 nitrogen and oxygen atoms in total. The quantitative estimate of drug-likeness (QED) is 0.685. The highest BCUT2D eigenvalue weighted by Gasteiger charge is 2.38. The van der Waals surface area contributed by atoms with Gasteiger partial charge < -0.3 is 15.3 Å². The Labute approximate surface area is 133 Å². The van der Waals surface area contributed by atoms with Gasteiger partial charge in [-0.25, -0.2) is 4.39 Å². The van der Waals surface area contributed by atoms with Crippen molar-refractivity contribution in [3.05, 3.63) is 35.6 Å². The Kier molecular flexibility index (Phi) is 5.79. The SMILES string of the molecule is O=C(NCCS)C1CC(O)CN1C(=O)Cc1ccccc1F. The lowest BCUT2D eigenvalue weighted by atomic mass is 10.1. The normalized spacial score (nSPS) is 21.0. The zero-order valence-corrected chi connectivity index (χ0v) is 12.9. The summed E-state index contributed by atoms with van der Waals surface area (Å²) in [7, 11) is 0. The fourth-order valence-electron chi connectivity index (χ4n) is 2.54. The largest absolute Gasteiger partial charge is 0.391 e. The van der Waals surface area contributed by atoms with E-state index < -0.39 is 18.0 Å². The molecule has 1 aromatic rings. The molecule has 2 N–H and O–H groups in total. The second-order valence-corrected chi connectivity index (χ2v) is 5.68. The van der Waals surface area contributed by atoms with Crippen molar-refractivity contribution in [1.29, 1.82) is 0 Å². The van der Waals surface area contributed by atoms with Crippen molar-refractivity contribution < 1.29 is 19.1 Å². The molecule has 0 aliphatic carbocycles. The molecule has 0 radical (unpaired) electrons. The minimum absolute atomic E-state index is 0.0895. The number of hydrogen-bond donors (Lipinski definition) is 3. The Morgan fingerprint density at radius 1 is 1.41 bits per heavy atom. The number of hydrogen-bond acceptors (Lipinski definition) is 4. The van der Waals surface area contributed by atoms with Crippen LogP contribution in [0.2, 0.25) is 0 Å². The van der Waals surface area contributed by atoms with Gasteiger partial charge in [0.1, 0.15) is 11.9 Å². The third-order valence-electron chi connectivity index (χ3n) is 3.61. The molecule has 120 valence electrons. The standard InChI is InChI=1S/C15H19FN2O3S/c16-12-4-2-1-3-10(12)7-14(20)18-9-11(19)8-13(18)15(21)17-5-6-22/h1-4,11,13,19,22H,5-9H2,(H,17,21). The van der Waals surface area contributed by atoms with Crippen molar-refractivity contribution in [1.82, 2.24) is 10.2 Å². The zero-order valence-electron chi connectivity index (χ0n) is 12.0. The summed E-state index contributed by atoms with van der Waals surface area (Å²) in [6.07, 6.45) is -0.673. The van der Waals surface area contributed by atoms with E-state index in [2.05, 4.69) is 17.9 Å². The molecule has 1 aliphatic heterocycles. The van der Waals surface area contributed by atoms with E-state index in [0.717, 1.165) is 0 Å². The predicted octanol–water partition coefficient (Wildman–Crippen LogP) is 0.376. The van der Waals surface area contributed by atoms with Gasteiger partial charge in [0, 0.05) is 25.3 Å². The molecule has 0 bridgehead atoms. The number of β-amino-alcohol motifs (C(OH)–C–C–N with tert-alkyl or cyclic N) is 1. The number of benzene rings is 1. The Morgan fingerprint density at radius 2 is 2.14 bits per heavy atom. The van der Waals surface area contributed by atoms with Crippen molar-refractivity contribution in [3.63, 3.8) is 0 Å². The number of carbonyl (C=O) groups is 2. The molecule has 22 heavy (non-hydrogen) atoms. The number of rotatable bonds is 5. The topological polar surface area (TPSA) is 69.6 Å². The Hall–Kier alpha value is -1.60. The van der Waals surface area contributed by atoms with Gasteiger partial charge >= 0.3 is 0 Å². The van der Waals surface area contributed by atoms with E-state index in [9.17, 15) is 19.1 Å². The van der Waals surface area contributed by atoms with Crippen LogP contribution in [-0.2, 0) is 16.0 Å². The van der Waals surface area contributed by atoms with Crippen LogP contribution in [-0.4, -0.2) is 52.8 Å². The summed E-state index contributed by atoms with van der Waals surface area (Å²) in [6.45, 7) is 0.482. The number of nitrogens with zero attached hydrogens (tertiary/aromatic N) is 1. The van der Waals surface area contributed by atoms with Crippen molar-refractivity contribution >= 4 is 24.4 Å². The maximum Gasteiger partial charge on any atom is 0.242 e. The molecule has 7 heteroatoms. The number of thiol groups is 1. The summed E-state index contributed by atoms with van der Waals surface area (Å²) in [4.78, 5) is 25.7. The molecule has 1 aromatic carbocycles. The number of aliphatic hydroxyl groups is 1. The molecule has 1 heterocycles. The highest BCUT2D eigenvalue weighted by atomic mass is 32.1. The monoisotopic (exact) mass is 326 g/mol. The summed E-state index contributed by atoms with van der Waals surface area (Å²) in [5.74, 6) is -0.642. The van der Waals surface area contributed by atoms with Gasteiger partial charge in [0.25, 0.3) is 0 Å². The minimum atomic E-state index is -0.740. The van der Waals surface area contributed by atoms with Crippen LogP contribution in [0, 0.1) is 5.82 Å². The first kappa shape index (κ1) is 16.8. The van der Waals surface area contributed by atoms with E-state index in [1.165, 1.54) is 17.0 Å². The van der Waals surface area contributed by atoms with Crippen molar-refractivity contribution in [2.45, 2.75) is 25.0 Å². The molecule has 2 atom stereocenters. The highest BCUT2D eigenvalue weighted by molar-refractivity contribution is 7.80. The number of aliphatic hydroxyl groups excluding tert-OH is 1.